The molecule has 7 aromatic rings. The molecule has 0 spiro atoms. The molecular formula is C82H136N16O5. The molecule has 21 nitrogen and oxygen atoms in total. The second-order valence-electron chi connectivity index (χ2n) is 36.1. The third-order valence-electron chi connectivity index (χ3n) is 24.6. The number of imidazole rings is 1. The van der Waals surface area contributed by atoms with E-state index >= 15 is 0 Å². The molecule has 0 aliphatic carbocycles. The maximum Gasteiger partial charge on any atom is 0.292 e. The number of fused-ring (bicyclic) bond motifs is 5. The number of hydrogen-bond donors (Lipinski definition) is 0. The fourth-order valence-corrected chi connectivity index (χ4v) is 16.8. The highest BCUT2D eigenvalue weighted by molar-refractivity contribution is 5.97. The van der Waals surface area contributed by atoms with E-state index in [1.165, 1.54) is 0 Å². The third-order valence-corrected chi connectivity index (χ3v) is 24.6. The molecule has 10 rings (SSSR count). The number of amides is 3. The zero-order chi connectivity index (χ0) is 79.6. The third kappa shape index (κ3) is 13.6. The van der Waals surface area contributed by atoms with Crippen LogP contribution in [-0.4, -0.2) is 130 Å². The van der Waals surface area contributed by atoms with Crippen LogP contribution in [0.1, 0.15) is 372 Å². The average molecular weight is 1430 g/mol. The molecule has 0 unspecified atom stereocenters. The summed E-state index contributed by atoms with van der Waals surface area (Å²) in [5.74, 6) is 2.39. The van der Waals surface area contributed by atoms with Crippen LogP contribution >= 0.6 is 0 Å². The van der Waals surface area contributed by atoms with Crippen LogP contribution in [0.15, 0.2) is 9.59 Å². The highest BCUT2D eigenvalue weighted by Gasteiger charge is 2.59. The van der Waals surface area contributed by atoms with Gasteiger partial charge in [0.2, 0.25) is 5.82 Å². The number of rotatable bonds is 10. The van der Waals surface area contributed by atoms with Gasteiger partial charge in [-0.2, -0.15) is 20.4 Å². The van der Waals surface area contributed by atoms with E-state index in [1.54, 1.807) is 0 Å². The molecule has 0 saturated carbocycles. The zero-order valence-corrected chi connectivity index (χ0v) is 72.0. The molecule has 0 fully saturated rings. The van der Waals surface area contributed by atoms with Crippen molar-refractivity contribution in [1.82, 2.24) is 77.5 Å². The summed E-state index contributed by atoms with van der Waals surface area (Å²) in [6.45, 7) is 88.4. The van der Waals surface area contributed by atoms with E-state index in [0.717, 1.165) is 78.7 Å². The van der Waals surface area contributed by atoms with Crippen LogP contribution in [0.5, 0.6) is 0 Å². The van der Waals surface area contributed by atoms with E-state index in [1.807, 2.05) is 105 Å². The van der Waals surface area contributed by atoms with Gasteiger partial charge in [-0.05, 0) is 252 Å². The molecule has 0 N–H and O–H groups in total. The molecule has 0 aromatic carbocycles. The Kier molecular flexibility index (Phi) is 23.8. The standard InChI is InChI=1S/C18H32N4O.2C17H29N3O.2C15H23N3O/c1-11(2)13-19-14-15(23)21(12(3)4)17(7,8)16(5,6)18(9,10)22(14)20-13;1-10(2)19-15(21)14-13(16(6,7)17(19,8)9)12(5)20(18-14)11(3)4;1-10(2)13-12(5)20-14(18-13)15(21)19(11(3)4)16(6,7)17(20,8)9;1-8(2)17-11(6)10(5)14-13(15(17)19)12(7)18(16-14)9(3)4;1-8(2)17-11(6)10(5)13-12(7)18(9(3)4)16-14(13)15(17)19/h11-12H,1-10H3;2*10-11H,1-9H3;2*8-9H,1-7H3. The Bertz CT molecular complexity index is 4360. The number of nitrogens with zero attached hydrogens (tertiary/aromatic N) is 16. The zero-order valence-electron chi connectivity index (χ0n) is 72.0. The van der Waals surface area contributed by atoms with Gasteiger partial charge in [-0.3, -0.25) is 38.0 Å². The summed E-state index contributed by atoms with van der Waals surface area (Å²) in [7, 11) is 0. The Balaban J connectivity index is 0.000000203. The summed E-state index contributed by atoms with van der Waals surface area (Å²) < 4.78 is 13.6. The van der Waals surface area contributed by atoms with Crippen molar-refractivity contribution in [2.45, 2.75) is 384 Å². The Morgan fingerprint density at radius 1 is 0.330 bits per heavy atom. The van der Waals surface area contributed by atoms with Crippen LogP contribution in [0.3, 0.4) is 0 Å². The number of hydrogen-bond acceptors (Lipinski definition) is 11. The monoisotopic (exact) mass is 1430 g/mol. The minimum absolute atomic E-state index is 0.0237. The minimum Gasteiger partial charge on any atom is -0.329 e. The van der Waals surface area contributed by atoms with Crippen molar-refractivity contribution in [2.75, 3.05) is 0 Å². The molecule has 0 radical (unpaired) electrons. The summed E-state index contributed by atoms with van der Waals surface area (Å²) in [6, 6.07) is 1.51. The van der Waals surface area contributed by atoms with E-state index in [-0.39, 0.29) is 122 Å². The number of carbonyl (C=O) groups excluding carboxylic acids is 3. The first-order chi connectivity index (χ1) is 46.7. The predicted octanol–water partition coefficient (Wildman–Crippen LogP) is 17.8. The van der Waals surface area contributed by atoms with Crippen molar-refractivity contribution in [3.8, 4) is 0 Å². The first kappa shape index (κ1) is 84.7. The highest BCUT2D eigenvalue weighted by Crippen LogP contribution is 2.52. The lowest BCUT2D eigenvalue weighted by Gasteiger charge is -2.55. The average Bonchev–Trinajstić information content (AvgIpc) is 1.65. The van der Waals surface area contributed by atoms with Crippen LogP contribution in [0.2, 0.25) is 0 Å². The van der Waals surface area contributed by atoms with E-state index < -0.39 is 0 Å². The van der Waals surface area contributed by atoms with Gasteiger partial charge >= 0.3 is 0 Å². The summed E-state index contributed by atoms with van der Waals surface area (Å²) >= 11 is 0. The predicted molar refractivity (Wildman–Crippen MR) is 422 cm³/mol. The quantitative estimate of drug-likeness (QED) is 0.126. The maximum absolute atomic E-state index is 13.3. The highest BCUT2D eigenvalue weighted by atomic mass is 16.2. The van der Waals surface area contributed by atoms with Crippen LogP contribution in [0, 0.1) is 60.8 Å². The van der Waals surface area contributed by atoms with Gasteiger partial charge in [0.15, 0.2) is 22.9 Å². The number of carbonyl (C=O) groups is 3. The van der Waals surface area contributed by atoms with Crippen LogP contribution in [0.25, 0.3) is 21.8 Å². The van der Waals surface area contributed by atoms with Crippen molar-refractivity contribution < 1.29 is 14.4 Å². The smallest absolute Gasteiger partial charge is 0.292 e. The fourth-order valence-electron chi connectivity index (χ4n) is 16.8. The molecule has 3 aliphatic rings. The second kappa shape index (κ2) is 28.9. The molecule has 3 amide bonds. The fraction of sp³-hybridized carbons (Fsp3) is 0.720. The molecule has 3 aliphatic heterocycles. The van der Waals surface area contributed by atoms with Gasteiger partial charge < -0.3 is 28.4 Å². The molecule has 7 aromatic heterocycles. The summed E-state index contributed by atoms with van der Waals surface area (Å²) in [5, 5.41) is 20.3. The van der Waals surface area contributed by atoms with E-state index in [4.69, 9.17) is 10.1 Å². The van der Waals surface area contributed by atoms with Crippen molar-refractivity contribution in [3.05, 3.63) is 100 Å². The summed E-state index contributed by atoms with van der Waals surface area (Å²) in [4.78, 5) is 79.9. The lowest BCUT2D eigenvalue weighted by Crippen LogP contribution is -2.67. The van der Waals surface area contributed by atoms with Gasteiger partial charge in [0, 0.05) is 121 Å². The minimum atomic E-state index is -0.342. The lowest BCUT2D eigenvalue weighted by atomic mass is 9.62. The van der Waals surface area contributed by atoms with Crippen molar-refractivity contribution in [2.24, 2.45) is 5.41 Å². The summed E-state index contributed by atoms with van der Waals surface area (Å²) in [6.07, 6.45) is 0. The van der Waals surface area contributed by atoms with Crippen molar-refractivity contribution in [3.63, 3.8) is 0 Å². The van der Waals surface area contributed by atoms with E-state index in [2.05, 4.69) is 253 Å². The van der Waals surface area contributed by atoms with Gasteiger partial charge in [0.25, 0.3) is 28.8 Å². The van der Waals surface area contributed by atoms with Crippen LogP contribution in [-0.2, 0) is 16.5 Å². The Hall–Kier alpha value is -7.19. The SMILES string of the molecule is CC(C)c1nc2n(n1)C(C)(C)C(C)(C)C(C)(C)N(C(C)C)C2=O.Cc1c(C(C)C)nc2n1C(C)(C)C(C)(C)N(C(C)C)C2=O.Cc1c(C)n(C(C)C)c(=O)c2c(C)n(C(C)C)nc12.Cc1c(C)n(C(C)C)c(=O)c2nn(C(C)C)c(C)c12.Cc1c2c(nn1C(C)C)C(=O)N(C(C)C)C(C)(C)C2(C)C. The molecule has 0 saturated heterocycles. The molecule has 574 valence electrons. The van der Waals surface area contributed by atoms with E-state index in [0.29, 0.717) is 28.8 Å². The number of pyridine rings is 2. The number of aryl methyl sites for hydroxylation is 4. The lowest BCUT2D eigenvalue weighted by molar-refractivity contribution is -0.0469. The van der Waals surface area contributed by atoms with Crippen LogP contribution in [0.4, 0.5) is 0 Å². The number of aromatic nitrogens is 13. The molecule has 0 bridgehead atoms. The van der Waals surface area contributed by atoms with Gasteiger partial charge in [0.1, 0.15) is 5.52 Å². The Morgan fingerprint density at radius 2 is 0.738 bits per heavy atom. The first-order valence-electron chi connectivity index (χ1n) is 38.1. The van der Waals surface area contributed by atoms with Crippen molar-refractivity contribution >= 4 is 39.5 Å². The normalized spacial score (nSPS) is 17.7. The Labute approximate surface area is 618 Å². The van der Waals surface area contributed by atoms with E-state index in [9.17, 15) is 24.0 Å². The first-order valence-corrected chi connectivity index (χ1v) is 38.1. The van der Waals surface area contributed by atoms with Gasteiger partial charge in [0.05, 0.1) is 27.7 Å². The largest absolute Gasteiger partial charge is 0.329 e. The topological polar surface area (TPSA) is 207 Å². The second-order valence-corrected chi connectivity index (χ2v) is 36.1. The van der Waals surface area contributed by atoms with Crippen LogP contribution < -0.4 is 11.1 Å². The molecule has 10 heterocycles. The summed E-state index contributed by atoms with van der Waals surface area (Å²) in [5.41, 5.74) is 11.2. The maximum atomic E-state index is 13.3. The molecule has 0 atom stereocenters. The van der Waals surface area contributed by atoms with Crippen molar-refractivity contribution in [1.29, 1.82) is 0 Å². The van der Waals surface area contributed by atoms with Gasteiger partial charge in [-0.1, -0.05) is 55.4 Å². The Morgan fingerprint density at radius 3 is 1.17 bits per heavy atom. The van der Waals surface area contributed by atoms with Gasteiger partial charge in [-0.25, -0.2) is 14.6 Å². The van der Waals surface area contributed by atoms with Gasteiger partial charge in [-0.15, -0.1) is 0 Å². The molecular weight excluding hydrogens is 1290 g/mol. The molecule has 21 heteroatoms. The molecule has 103 heavy (non-hydrogen) atoms.